The summed E-state index contributed by atoms with van der Waals surface area (Å²) >= 11 is 0. The molecule has 2 aromatic rings. The fourth-order valence-electron chi connectivity index (χ4n) is 1.94. The van der Waals surface area contributed by atoms with E-state index >= 15 is 0 Å². The summed E-state index contributed by atoms with van der Waals surface area (Å²) in [5, 5.41) is 2.81. The molecular weight excluding hydrogens is 230 g/mol. The van der Waals surface area contributed by atoms with Crippen LogP contribution in [0.4, 0.5) is 5.69 Å². The van der Waals surface area contributed by atoms with E-state index in [1.807, 2.05) is 12.1 Å². The number of methoxy groups -OCH3 is 1. The number of ether oxygens (including phenoxy) is 1. The Bertz CT molecular complexity index is 630. The Morgan fingerprint density at radius 1 is 1.39 bits per heavy atom. The van der Waals surface area contributed by atoms with Gasteiger partial charge in [-0.15, -0.1) is 0 Å². The maximum absolute atomic E-state index is 11.9. The molecule has 3 rings (SSSR count). The molecule has 18 heavy (non-hydrogen) atoms. The lowest BCUT2D eigenvalue weighted by Crippen LogP contribution is -2.03. The van der Waals surface area contributed by atoms with E-state index in [9.17, 15) is 4.79 Å². The van der Waals surface area contributed by atoms with Crippen LogP contribution in [0.3, 0.4) is 0 Å². The van der Waals surface area contributed by atoms with Gasteiger partial charge in [0.1, 0.15) is 11.6 Å². The van der Waals surface area contributed by atoms with E-state index in [1.165, 1.54) is 0 Å². The van der Waals surface area contributed by atoms with E-state index in [0.717, 1.165) is 11.3 Å². The number of nitrogens with one attached hydrogen (secondary N) is 2. The van der Waals surface area contributed by atoms with E-state index in [0.29, 0.717) is 17.1 Å². The third-order valence-electron chi connectivity index (χ3n) is 2.81. The number of amides is 1. The van der Waals surface area contributed by atoms with Crippen LogP contribution in [0.15, 0.2) is 30.6 Å². The number of nitrogens with zero attached hydrogens (tertiary/aromatic N) is 1. The molecular formula is C13H11N3O2. The minimum Gasteiger partial charge on any atom is -0.497 e. The van der Waals surface area contributed by atoms with E-state index in [1.54, 1.807) is 31.6 Å². The molecule has 2 N–H and O–H groups in total. The molecule has 90 valence electrons. The van der Waals surface area contributed by atoms with Crippen molar-refractivity contribution in [1.29, 1.82) is 0 Å². The number of imidazole rings is 1. The van der Waals surface area contributed by atoms with Crippen LogP contribution in [-0.2, 0) is 4.79 Å². The van der Waals surface area contributed by atoms with Crippen molar-refractivity contribution in [1.82, 2.24) is 9.97 Å². The standard InChI is InChI=1S/C13H11N3O2/c1-18-8-2-3-9-10(7-12-14-4-5-15-12)13(17)16-11(9)6-8/h2-7H,1H3,(H,14,15)(H,16,17)/b10-7-. The number of hydrogen-bond acceptors (Lipinski definition) is 3. The molecule has 1 amide bonds. The molecule has 0 radical (unpaired) electrons. The van der Waals surface area contributed by atoms with Gasteiger partial charge in [0.15, 0.2) is 0 Å². The quantitative estimate of drug-likeness (QED) is 0.789. The lowest BCUT2D eigenvalue weighted by atomic mass is 10.1. The van der Waals surface area contributed by atoms with Gasteiger partial charge in [-0.2, -0.15) is 0 Å². The minimum atomic E-state index is -0.130. The number of fused-ring (bicyclic) bond motifs is 1. The summed E-state index contributed by atoms with van der Waals surface area (Å²) in [4.78, 5) is 18.9. The Morgan fingerprint density at radius 3 is 3.00 bits per heavy atom. The summed E-state index contributed by atoms with van der Waals surface area (Å²) in [7, 11) is 1.60. The maximum atomic E-state index is 11.9. The van der Waals surface area contributed by atoms with E-state index in [4.69, 9.17) is 4.74 Å². The summed E-state index contributed by atoms with van der Waals surface area (Å²) in [6.45, 7) is 0. The van der Waals surface area contributed by atoms with Crippen molar-refractivity contribution in [3.63, 3.8) is 0 Å². The number of benzene rings is 1. The Balaban J connectivity index is 2.07. The van der Waals surface area contributed by atoms with Gasteiger partial charge >= 0.3 is 0 Å². The molecule has 5 nitrogen and oxygen atoms in total. The summed E-state index contributed by atoms with van der Waals surface area (Å²) in [6.07, 6.45) is 5.09. The normalized spacial score (nSPS) is 15.6. The lowest BCUT2D eigenvalue weighted by molar-refractivity contribution is -0.110. The predicted octanol–water partition coefficient (Wildman–Crippen LogP) is 1.91. The van der Waals surface area contributed by atoms with Crippen LogP contribution in [0, 0.1) is 0 Å². The van der Waals surface area contributed by atoms with Crippen molar-refractivity contribution in [2.45, 2.75) is 0 Å². The highest BCUT2D eigenvalue weighted by Crippen LogP contribution is 2.35. The SMILES string of the molecule is COc1ccc2c(c1)NC(=O)/C2=C\c1ncc[nH]1. The van der Waals surface area contributed by atoms with Crippen molar-refractivity contribution < 1.29 is 9.53 Å². The molecule has 2 heterocycles. The van der Waals surface area contributed by atoms with Gasteiger partial charge in [-0.1, -0.05) is 0 Å². The third-order valence-corrected chi connectivity index (χ3v) is 2.81. The molecule has 0 saturated heterocycles. The van der Waals surface area contributed by atoms with Gasteiger partial charge in [0.05, 0.1) is 18.4 Å². The average molecular weight is 241 g/mol. The number of H-pyrrole nitrogens is 1. The fourth-order valence-corrected chi connectivity index (χ4v) is 1.94. The predicted molar refractivity (Wildman–Crippen MR) is 68.1 cm³/mol. The smallest absolute Gasteiger partial charge is 0.256 e. The van der Waals surface area contributed by atoms with E-state index in [-0.39, 0.29) is 5.91 Å². The first-order valence-electron chi connectivity index (χ1n) is 5.49. The summed E-state index contributed by atoms with van der Waals surface area (Å²) in [5.41, 5.74) is 2.22. The summed E-state index contributed by atoms with van der Waals surface area (Å²) in [5.74, 6) is 1.24. The van der Waals surface area contributed by atoms with Crippen LogP contribution in [-0.4, -0.2) is 23.0 Å². The molecule has 0 atom stereocenters. The van der Waals surface area contributed by atoms with Crippen LogP contribution in [0.25, 0.3) is 11.6 Å². The highest BCUT2D eigenvalue weighted by molar-refractivity contribution is 6.34. The number of rotatable bonds is 2. The molecule has 0 bridgehead atoms. The number of aromatic amines is 1. The Hall–Kier alpha value is -2.56. The molecule has 5 heteroatoms. The maximum Gasteiger partial charge on any atom is 0.256 e. The zero-order chi connectivity index (χ0) is 12.5. The molecule has 1 aliphatic heterocycles. The second-order valence-corrected chi connectivity index (χ2v) is 3.90. The Morgan fingerprint density at radius 2 is 2.28 bits per heavy atom. The molecule has 0 saturated carbocycles. The molecule has 1 aliphatic rings. The minimum absolute atomic E-state index is 0.130. The zero-order valence-electron chi connectivity index (χ0n) is 9.73. The molecule has 0 spiro atoms. The first-order chi connectivity index (χ1) is 8.78. The van der Waals surface area contributed by atoms with Crippen LogP contribution >= 0.6 is 0 Å². The monoisotopic (exact) mass is 241 g/mol. The summed E-state index contributed by atoms with van der Waals surface area (Å²) in [6, 6.07) is 5.49. The first kappa shape index (κ1) is 10.6. The van der Waals surface area contributed by atoms with Crippen LogP contribution in [0.5, 0.6) is 5.75 Å². The van der Waals surface area contributed by atoms with Gasteiger partial charge in [0.25, 0.3) is 5.91 Å². The fraction of sp³-hybridized carbons (Fsp3) is 0.0769. The number of aromatic nitrogens is 2. The molecule has 1 aromatic heterocycles. The van der Waals surface area contributed by atoms with Crippen LogP contribution in [0.2, 0.25) is 0 Å². The highest BCUT2D eigenvalue weighted by Gasteiger charge is 2.24. The largest absolute Gasteiger partial charge is 0.497 e. The topological polar surface area (TPSA) is 67.0 Å². The van der Waals surface area contributed by atoms with Crippen molar-refractivity contribution in [3.05, 3.63) is 42.0 Å². The molecule has 0 aliphatic carbocycles. The van der Waals surface area contributed by atoms with Gasteiger partial charge in [-0.3, -0.25) is 4.79 Å². The van der Waals surface area contributed by atoms with Crippen LogP contribution < -0.4 is 10.1 Å². The number of hydrogen-bond donors (Lipinski definition) is 2. The molecule has 1 aromatic carbocycles. The van der Waals surface area contributed by atoms with E-state index < -0.39 is 0 Å². The molecule has 0 unspecified atom stereocenters. The zero-order valence-corrected chi connectivity index (χ0v) is 9.73. The highest BCUT2D eigenvalue weighted by atomic mass is 16.5. The average Bonchev–Trinajstić information content (AvgIpc) is 2.98. The summed E-state index contributed by atoms with van der Waals surface area (Å²) < 4.78 is 5.13. The second kappa shape index (κ2) is 4.03. The second-order valence-electron chi connectivity index (χ2n) is 3.90. The van der Waals surface area contributed by atoms with Crippen LogP contribution in [0.1, 0.15) is 11.4 Å². The van der Waals surface area contributed by atoms with Crippen molar-refractivity contribution in [2.75, 3.05) is 12.4 Å². The van der Waals surface area contributed by atoms with Gasteiger partial charge < -0.3 is 15.0 Å². The lowest BCUT2D eigenvalue weighted by Gasteiger charge is -2.02. The van der Waals surface area contributed by atoms with Gasteiger partial charge in [0, 0.05) is 24.0 Å². The Kier molecular flexibility index (Phi) is 2.37. The van der Waals surface area contributed by atoms with Gasteiger partial charge in [0.2, 0.25) is 0 Å². The van der Waals surface area contributed by atoms with Gasteiger partial charge in [-0.25, -0.2) is 4.98 Å². The number of anilines is 1. The van der Waals surface area contributed by atoms with Crippen molar-refractivity contribution in [2.24, 2.45) is 0 Å². The van der Waals surface area contributed by atoms with Crippen molar-refractivity contribution >= 4 is 23.2 Å². The number of carbonyl (C=O) groups is 1. The molecule has 0 fully saturated rings. The van der Waals surface area contributed by atoms with Crippen molar-refractivity contribution in [3.8, 4) is 5.75 Å². The number of carbonyl (C=O) groups excluding carboxylic acids is 1. The van der Waals surface area contributed by atoms with Gasteiger partial charge in [-0.05, 0) is 18.2 Å². The Labute approximate surface area is 104 Å². The van der Waals surface area contributed by atoms with E-state index in [2.05, 4.69) is 15.3 Å². The third kappa shape index (κ3) is 1.66. The first-order valence-corrected chi connectivity index (χ1v) is 5.49.